The highest BCUT2D eigenvalue weighted by Gasteiger charge is 2.43. The predicted octanol–water partition coefficient (Wildman–Crippen LogP) is 2.94. The topological polar surface area (TPSA) is 50.2 Å². The lowest BCUT2D eigenvalue weighted by Gasteiger charge is -2.03. The Bertz CT molecular complexity index is 563. The van der Waals surface area contributed by atoms with Crippen LogP contribution in [-0.4, -0.2) is 16.1 Å². The molecule has 1 aliphatic rings. The molecule has 0 saturated heterocycles. The number of pyridine rings is 1. The average molecular weight is 239 g/mol. The molecule has 3 nitrogen and oxygen atoms in total. The molecule has 0 radical (unpaired) electrons. The van der Waals surface area contributed by atoms with Crippen LogP contribution in [0, 0.1) is 5.92 Å². The summed E-state index contributed by atoms with van der Waals surface area (Å²) in [4.78, 5) is 14.8. The van der Waals surface area contributed by atoms with Crippen molar-refractivity contribution in [3.05, 3.63) is 54.4 Å². The second-order valence-electron chi connectivity index (χ2n) is 4.64. The Morgan fingerprint density at radius 3 is 2.22 bits per heavy atom. The van der Waals surface area contributed by atoms with E-state index in [1.807, 2.05) is 36.4 Å². The van der Waals surface area contributed by atoms with Crippen molar-refractivity contribution in [1.29, 1.82) is 0 Å². The molecule has 90 valence electrons. The number of nitrogens with zero attached hydrogens (tertiary/aromatic N) is 1. The second kappa shape index (κ2) is 4.26. The third kappa shape index (κ3) is 1.99. The molecule has 3 heteroatoms. The van der Waals surface area contributed by atoms with Gasteiger partial charge in [-0.2, -0.15) is 0 Å². The molecule has 1 fully saturated rings. The molecule has 0 bridgehead atoms. The lowest BCUT2D eigenvalue weighted by molar-refractivity contribution is -0.138. The molecule has 1 aromatic carbocycles. The molecule has 1 aromatic heterocycles. The first kappa shape index (κ1) is 11.0. The molecule has 1 saturated carbocycles. The molecule has 2 aromatic rings. The Kier molecular flexibility index (Phi) is 2.59. The van der Waals surface area contributed by atoms with Gasteiger partial charge in [-0.15, -0.1) is 0 Å². The number of rotatable bonds is 3. The molecule has 0 unspecified atom stereocenters. The summed E-state index contributed by atoms with van der Waals surface area (Å²) in [5, 5.41) is 8.91. The Morgan fingerprint density at radius 1 is 1.06 bits per heavy atom. The van der Waals surface area contributed by atoms with Gasteiger partial charge >= 0.3 is 5.97 Å². The Hall–Kier alpha value is -2.16. The van der Waals surface area contributed by atoms with Crippen LogP contribution in [0.1, 0.15) is 17.9 Å². The zero-order valence-electron chi connectivity index (χ0n) is 9.78. The van der Waals surface area contributed by atoms with Crippen molar-refractivity contribution in [2.75, 3.05) is 0 Å². The van der Waals surface area contributed by atoms with E-state index in [4.69, 9.17) is 5.11 Å². The maximum atomic E-state index is 10.8. The summed E-state index contributed by atoms with van der Waals surface area (Å²) in [7, 11) is 0. The van der Waals surface area contributed by atoms with Crippen molar-refractivity contribution in [3.8, 4) is 11.1 Å². The smallest absolute Gasteiger partial charge is 0.307 e. The van der Waals surface area contributed by atoms with E-state index in [-0.39, 0.29) is 11.8 Å². The number of carboxylic acid groups (broad SMARTS) is 1. The van der Waals surface area contributed by atoms with E-state index in [0.29, 0.717) is 0 Å². The Balaban J connectivity index is 1.81. The zero-order chi connectivity index (χ0) is 12.5. The summed E-state index contributed by atoms with van der Waals surface area (Å²) < 4.78 is 0. The summed E-state index contributed by atoms with van der Waals surface area (Å²) in [5.74, 6) is -0.663. The molecule has 0 amide bonds. The third-order valence-corrected chi connectivity index (χ3v) is 3.46. The van der Waals surface area contributed by atoms with Crippen LogP contribution in [0.25, 0.3) is 11.1 Å². The van der Waals surface area contributed by atoms with Gasteiger partial charge in [-0.25, -0.2) is 0 Å². The largest absolute Gasteiger partial charge is 0.481 e. The normalized spacial score (nSPS) is 21.6. The van der Waals surface area contributed by atoms with Crippen molar-refractivity contribution in [1.82, 2.24) is 4.98 Å². The predicted molar refractivity (Wildman–Crippen MR) is 68.2 cm³/mol. The molecular formula is C15H13NO2. The van der Waals surface area contributed by atoms with E-state index in [9.17, 15) is 4.79 Å². The maximum absolute atomic E-state index is 10.8. The maximum Gasteiger partial charge on any atom is 0.307 e. The molecule has 3 rings (SSSR count). The van der Waals surface area contributed by atoms with Gasteiger partial charge in [0.2, 0.25) is 0 Å². The highest BCUT2D eigenvalue weighted by molar-refractivity contribution is 5.75. The molecule has 0 aliphatic heterocycles. The number of carbonyl (C=O) groups is 1. The number of aliphatic carboxylic acids is 1. The van der Waals surface area contributed by atoms with Crippen molar-refractivity contribution >= 4 is 5.97 Å². The van der Waals surface area contributed by atoms with E-state index < -0.39 is 5.97 Å². The highest BCUT2D eigenvalue weighted by atomic mass is 16.4. The summed E-state index contributed by atoms with van der Waals surface area (Å²) in [6.07, 6.45) is 4.30. The first-order valence-corrected chi connectivity index (χ1v) is 5.99. The molecule has 18 heavy (non-hydrogen) atoms. The molecule has 1 heterocycles. The fraction of sp³-hybridized carbons (Fsp3) is 0.200. The first-order chi connectivity index (χ1) is 8.75. The van der Waals surface area contributed by atoms with Crippen LogP contribution >= 0.6 is 0 Å². The van der Waals surface area contributed by atoms with E-state index >= 15 is 0 Å². The standard InChI is InChI=1S/C15H13NO2/c17-15(18)14-9-13(14)12-3-1-10(2-4-12)11-5-7-16-8-6-11/h1-8,13-14H,9H2,(H,17,18)/t13-,14+/m0/s1. The third-order valence-electron chi connectivity index (χ3n) is 3.46. The molecule has 0 spiro atoms. The first-order valence-electron chi connectivity index (χ1n) is 5.99. The van der Waals surface area contributed by atoms with Crippen LogP contribution < -0.4 is 0 Å². The van der Waals surface area contributed by atoms with Gasteiger partial charge in [-0.3, -0.25) is 9.78 Å². The summed E-state index contributed by atoms with van der Waals surface area (Å²) >= 11 is 0. The van der Waals surface area contributed by atoms with E-state index in [0.717, 1.165) is 23.1 Å². The molecule has 1 aliphatic carbocycles. The van der Waals surface area contributed by atoms with Gasteiger partial charge in [0, 0.05) is 12.4 Å². The van der Waals surface area contributed by atoms with E-state index in [2.05, 4.69) is 4.98 Å². The van der Waals surface area contributed by atoms with Gasteiger partial charge in [0.05, 0.1) is 5.92 Å². The molecule has 1 N–H and O–H groups in total. The van der Waals surface area contributed by atoms with Crippen molar-refractivity contribution in [3.63, 3.8) is 0 Å². The average Bonchev–Trinajstić information content (AvgIpc) is 3.20. The van der Waals surface area contributed by atoms with Crippen LogP contribution in [0.5, 0.6) is 0 Å². The quantitative estimate of drug-likeness (QED) is 0.895. The SMILES string of the molecule is O=C(O)[C@@H]1C[C@H]1c1ccc(-c2ccncc2)cc1. The number of benzene rings is 1. The van der Waals surface area contributed by atoms with Gasteiger partial charge in [0.25, 0.3) is 0 Å². The van der Waals surface area contributed by atoms with Crippen LogP contribution in [0.2, 0.25) is 0 Å². The fourth-order valence-corrected chi connectivity index (χ4v) is 2.30. The van der Waals surface area contributed by atoms with Crippen molar-refractivity contribution in [2.45, 2.75) is 12.3 Å². The second-order valence-corrected chi connectivity index (χ2v) is 4.64. The minimum atomic E-state index is -0.682. The van der Waals surface area contributed by atoms with E-state index in [1.165, 1.54) is 0 Å². The minimum Gasteiger partial charge on any atom is -0.481 e. The lowest BCUT2D eigenvalue weighted by Crippen LogP contribution is -1.98. The van der Waals surface area contributed by atoms with Gasteiger partial charge < -0.3 is 5.11 Å². The molecule has 2 atom stereocenters. The van der Waals surface area contributed by atoms with Gasteiger partial charge in [-0.05, 0) is 41.2 Å². The fourth-order valence-electron chi connectivity index (χ4n) is 2.30. The Morgan fingerprint density at radius 2 is 1.67 bits per heavy atom. The number of carboxylic acids is 1. The number of hydrogen-bond acceptors (Lipinski definition) is 2. The number of aromatic nitrogens is 1. The van der Waals surface area contributed by atoms with Crippen LogP contribution in [0.15, 0.2) is 48.8 Å². The van der Waals surface area contributed by atoms with Crippen LogP contribution in [0.4, 0.5) is 0 Å². The molecular weight excluding hydrogens is 226 g/mol. The Labute approximate surface area is 105 Å². The zero-order valence-corrected chi connectivity index (χ0v) is 9.78. The highest BCUT2D eigenvalue weighted by Crippen LogP contribution is 2.47. The summed E-state index contributed by atoms with van der Waals surface area (Å²) in [6, 6.07) is 12.1. The van der Waals surface area contributed by atoms with Gasteiger partial charge in [0.1, 0.15) is 0 Å². The summed E-state index contributed by atoms with van der Waals surface area (Å²) in [5.41, 5.74) is 3.39. The number of hydrogen-bond donors (Lipinski definition) is 1. The van der Waals surface area contributed by atoms with Crippen molar-refractivity contribution < 1.29 is 9.90 Å². The van der Waals surface area contributed by atoms with Crippen LogP contribution in [0.3, 0.4) is 0 Å². The minimum absolute atomic E-state index is 0.184. The van der Waals surface area contributed by atoms with Crippen molar-refractivity contribution in [2.24, 2.45) is 5.92 Å². The monoisotopic (exact) mass is 239 g/mol. The van der Waals surface area contributed by atoms with E-state index in [1.54, 1.807) is 12.4 Å². The van der Waals surface area contributed by atoms with Gasteiger partial charge in [0.15, 0.2) is 0 Å². The summed E-state index contributed by atoms with van der Waals surface area (Å²) in [6.45, 7) is 0. The van der Waals surface area contributed by atoms with Crippen LogP contribution in [-0.2, 0) is 4.79 Å². The van der Waals surface area contributed by atoms with Gasteiger partial charge in [-0.1, -0.05) is 24.3 Å². The lowest BCUT2D eigenvalue weighted by atomic mass is 10.0.